The number of rotatable bonds is 6. The van der Waals surface area contributed by atoms with Gasteiger partial charge in [0.2, 0.25) is 5.91 Å². The molecule has 1 atom stereocenters. The molecule has 0 spiro atoms. The summed E-state index contributed by atoms with van der Waals surface area (Å²) in [6.07, 6.45) is 0.104. The summed E-state index contributed by atoms with van der Waals surface area (Å²) in [4.78, 5) is 50.6. The number of nitro benzene ring substituents is 1. The lowest BCUT2D eigenvalue weighted by atomic mass is 10.0. The third kappa shape index (κ3) is 3.91. The van der Waals surface area contributed by atoms with Crippen LogP contribution in [0.15, 0.2) is 78.9 Å². The minimum atomic E-state index is -1.13. The standard InChI is InChI=1S/C23H17N3O5/c27-21(24-16-9-6-10-17(14-16)26(30)31)20(13-15-7-2-1-3-8-15)25-22(28)18-11-4-5-12-19(18)23(25)29/h1-12,14,20H,13H2,(H,24,27)/t20-/m0/s1. The van der Waals surface area contributed by atoms with Crippen LogP contribution in [0.4, 0.5) is 11.4 Å². The van der Waals surface area contributed by atoms with Crippen LogP contribution in [0.3, 0.4) is 0 Å². The molecule has 0 saturated heterocycles. The molecule has 31 heavy (non-hydrogen) atoms. The number of anilines is 1. The van der Waals surface area contributed by atoms with Gasteiger partial charge in [-0.05, 0) is 23.8 Å². The Morgan fingerprint density at radius 1 is 0.903 bits per heavy atom. The van der Waals surface area contributed by atoms with E-state index in [0.29, 0.717) is 0 Å². The molecule has 3 aromatic carbocycles. The van der Waals surface area contributed by atoms with Crippen molar-refractivity contribution in [2.24, 2.45) is 0 Å². The van der Waals surface area contributed by atoms with Gasteiger partial charge in [0.05, 0.1) is 16.1 Å². The van der Waals surface area contributed by atoms with E-state index in [1.54, 1.807) is 48.5 Å². The summed E-state index contributed by atoms with van der Waals surface area (Å²) in [5.74, 6) is -1.70. The highest BCUT2D eigenvalue weighted by atomic mass is 16.6. The van der Waals surface area contributed by atoms with Crippen molar-refractivity contribution in [3.05, 3.63) is 106 Å². The number of nitro groups is 1. The van der Waals surface area contributed by atoms with Crippen molar-refractivity contribution in [3.63, 3.8) is 0 Å². The lowest BCUT2D eigenvalue weighted by molar-refractivity contribution is -0.384. The number of hydrogen-bond acceptors (Lipinski definition) is 5. The molecule has 0 radical (unpaired) electrons. The van der Waals surface area contributed by atoms with E-state index < -0.39 is 28.7 Å². The number of fused-ring (bicyclic) bond motifs is 1. The molecule has 8 nitrogen and oxygen atoms in total. The van der Waals surface area contributed by atoms with E-state index >= 15 is 0 Å². The van der Waals surface area contributed by atoms with Crippen molar-refractivity contribution in [3.8, 4) is 0 Å². The number of nitrogens with one attached hydrogen (secondary N) is 1. The van der Waals surface area contributed by atoms with E-state index in [1.165, 1.54) is 24.3 Å². The molecule has 0 unspecified atom stereocenters. The normalized spacial score (nSPS) is 13.6. The number of amides is 3. The number of carbonyl (C=O) groups is 3. The van der Waals surface area contributed by atoms with Crippen molar-refractivity contribution in [1.82, 2.24) is 4.90 Å². The smallest absolute Gasteiger partial charge is 0.271 e. The SMILES string of the molecule is O=C(Nc1cccc([N+](=O)[O-])c1)[C@H](Cc1ccccc1)N1C(=O)c2ccccc2C1=O. The van der Waals surface area contributed by atoms with Gasteiger partial charge in [-0.3, -0.25) is 29.4 Å². The molecule has 154 valence electrons. The second kappa shape index (κ2) is 8.19. The highest BCUT2D eigenvalue weighted by molar-refractivity contribution is 6.23. The molecule has 1 N–H and O–H groups in total. The van der Waals surface area contributed by atoms with Crippen molar-refractivity contribution in [2.75, 3.05) is 5.32 Å². The lowest BCUT2D eigenvalue weighted by Gasteiger charge is -2.25. The molecule has 0 fully saturated rings. The maximum Gasteiger partial charge on any atom is 0.271 e. The summed E-state index contributed by atoms with van der Waals surface area (Å²) in [6.45, 7) is 0. The first kappa shape index (κ1) is 20.0. The van der Waals surface area contributed by atoms with Gasteiger partial charge < -0.3 is 5.32 Å². The Balaban J connectivity index is 1.67. The third-order valence-corrected chi connectivity index (χ3v) is 5.04. The van der Waals surface area contributed by atoms with Crippen LogP contribution in [0.2, 0.25) is 0 Å². The topological polar surface area (TPSA) is 110 Å². The molecule has 0 aliphatic carbocycles. The Kier molecular flexibility index (Phi) is 5.28. The maximum absolute atomic E-state index is 13.2. The van der Waals surface area contributed by atoms with Crippen LogP contribution in [0.5, 0.6) is 0 Å². The molecule has 0 bridgehead atoms. The quantitative estimate of drug-likeness (QED) is 0.377. The number of carbonyl (C=O) groups excluding carboxylic acids is 3. The van der Waals surface area contributed by atoms with Crippen molar-refractivity contribution in [1.29, 1.82) is 0 Å². The average Bonchev–Trinajstić information content (AvgIpc) is 3.03. The van der Waals surface area contributed by atoms with Gasteiger partial charge in [-0.25, -0.2) is 0 Å². The first-order valence-corrected chi connectivity index (χ1v) is 9.52. The van der Waals surface area contributed by atoms with E-state index in [4.69, 9.17) is 0 Å². The molecular weight excluding hydrogens is 398 g/mol. The molecule has 4 rings (SSSR count). The fourth-order valence-electron chi connectivity index (χ4n) is 3.55. The van der Waals surface area contributed by atoms with Crippen molar-refractivity contribution in [2.45, 2.75) is 12.5 Å². The van der Waals surface area contributed by atoms with Gasteiger partial charge in [-0.1, -0.05) is 48.5 Å². The molecular formula is C23H17N3O5. The Hall–Kier alpha value is -4.33. The summed E-state index contributed by atoms with van der Waals surface area (Å²) in [5.41, 5.74) is 1.27. The fourth-order valence-corrected chi connectivity index (χ4v) is 3.55. The van der Waals surface area contributed by atoms with E-state index in [9.17, 15) is 24.5 Å². The molecule has 8 heteroatoms. The Bertz CT molecular complexity index is 1160. The molecule has 0 saturated carbocycles. The number of hydrogen-bond donors (Lipinski definition) is 1. The van der Waals surface area contributed by atoms with Gasteiger partial charge >= 0.3 is 0 Å². The predicted octanol–water partition coefficient (Wildman–Crippen LogP) is 3.44. The number of imide groups is 1. The summed E-state index contributed by atoms with van der Waals surface area (Å²) < 4.78 is 0. The van der Waals surface area contributed by atoms with Gasteiger partial charge in [-0.15, -0.1) is 0 Å². The van der Waals surface area contributed by atoms with E-state index in [0.717, 1.165) is 10.5 Å². The molecule has 3 aromatic rings. The van der Waals surface area contributed by atoms with Crippen LogP contribution < -0.4 is 5.32 Å². The van der Waals surface area contributed by atoms with E-state index in [1.807, 2.05) is 6.07 Å². The number of nitrogens with zero attached hydrogens (tertiary/aromatic N) is 2. The summed E-state index contributed by atoms with van der Waals surface area (Å²) in [5, 5.41) is 13.6. The van der Waals surface area contributed by atoms with Crippen LogP contribution in [0.25, 0.3) is 0 Å². The highest BCUT2D eigenvalue weighted by Crippen LogP contribution is 2.27. The first-order chi connectivity index (χ1) is 15.0. The minimum absolute atomic E-state index is 0.104. The largest absolute Gasteiger partial charge is 0.324 e. The summed E-state index contributed by atoms with van der Waals surface area (Å²) >= 11 is 0. The fraction of sp³-hybridized carbons (Fsp3) is 0.0870. The molecule has 3 amide bonds. The van der Waals surface area contributed by atoms with Gasteiger partial charge in [0, 0.05) is 24.2 Å². The Morgan fingerprint density at radius 3 is 2.13 bits per heavy atom. The van der Waals surface area contributed by atoms with Crippen LogP contribution in [-0.2, 0) is 11.2 Å². The number of non-ortho nitro benzene ring substituents is 1. The molecule has 0 aromatic heterocycles. The zero-order chi connectivity index (χ0) is 22.0. The lowest BCUT2D eigenvalue weighted by Crippen LogP contribution is -2.48. The Morgan fingerprint density at radius 2 is 1.52 bits per heavy atom. The number of benzene rings is 3. The average molecular weight is 415 g/mol. The van der Waals surface area contributed by atoms with Crippen molar-refractivity contribution < 1.29 is 19.3 Å². The molecule has 1 aliphatic heterocycles. The van der Waals surface area contributed by atoms with E-state index in [-0.39, 0.29) is 28.9 Å². The minimum Gasteiger partial charge on any atom is -0.324 e. The summed E-state index contributed by atoms with van der Waals surface area (Å²) in [6, 6.07) is 19.8. The predicted molar refractivity (Wildman–Crippen MR) is 113 cm³/mol. The highest BCUT2D eigenvalue weighted by Gasteiger charge is 2.42. The monoisotopic (exact) mass is 415 g/mol. The van der Waals surface area contributed by atoms with Gasteiger partial charge in [-0.2, -0.15) is 0 Å². The van der Waals surface area contributed by atoms with Crippen LogP contribution in [0.1, 0.15) is 26.3 Å². The van der Waals surface area contributed by atoms with Gasteiger partial charge in [0.25, 0.3) is 17.5 Å². The zero-order valence-electron chi connectivity index (χ0n) is 16.2. The van der Waals surface area contributed by atoms with Crippen molar-refractivity contribution >= 4 is 29.1 Å². The second-order valence-corrected chi connectivity index (χ2v) is 7.03. The maximum atomic E-state index is 13.2. The van der Waals surface area contributed by atoms with Gasteiger partial charge in [0.1, 0.15) is 6.04 Å². The third-order valence-electron chi connectivity index (χ3n) is 5.04. The van der Waals surface area contributed by atoms with E-state index in [2.05, 4.69) is 5.32 Å². The summed E-state index contributed by atoms with van der Waals surface area (Å²) in [7, 11) is 0. The Labute approximate surface area is 177 Å². The second-order valence-electron chi connectivity index (χ2n) is 7.03. The van der Waals surface area contributed by atoms with Gasteiger partial charge in [0.15, 0.2) is 0 Å². The molecule has 1 heterocycles. The zero-order valence-corrected chi connectivity index (χ0v) is 16.2. The van der Waals surface area contributed by atoms with Crippen LogP contribution in [0, 0.1) is 10.1 Å². The molecule has 1 aliphatic rings. The first-order valence-electron chi connectivity index (χ1n) is 9.52. The van der Waals surface area contributed by atoms with Crippen LogP contribution in [-0.4, -0.2) is 33.6 Å². The van der Waals surface area contributed by atoms with Crippen LogP contribution >= 0.6 is 0 Å².